The van der Waals surface area contributed by atoms with E-state index < -0.39 is 11.8 Å². The highest BCUT2D eigenvalue weighted by atomic mass is 79.9. The molecular weight excluding hydrogens is 452 g/mol. The van der Waals surface area contributed by atoms with E-state index in [4.69, 9.17) is 28.6 Å². The number of amides is 2. The molecule has 0 atom stereocenters. The predicted molar refractivity (Wildman–Crippen MR) is 113 cm³/mol. The summed E-state index contributed by atoms with van der Waals surface area (Å²) in [4.78, 5) is 26.7. The number of rotatable bonds is 4. The van der Waals surface area contributed by atoms with Gasteiger partial charge in [0.1, 0.15) is 11.3 Å². The van der Waals surface area contributed by atoms with Crippen LogP contribution >= 0.6 is 39.7 Å². The van der Waals surface area contributed by atoms with Gasteiger partial charge in [-0.15, -0.1) is 0 Å². The van der Waals surface area contributed by atoms with E-state index in [9.17, 15) is 9.59 Å². The summed E-state index contributed by atoms with van der Waals surface area (Å²) >= 11 is 14.6. The van der Waals surface area contributed by atoms with E-state index in [1.165, 1.54) is 11.0 Å². The Balaban J connectivity index is 2.06. The van der Waals surface area contributed by atoms with Crippen molar-refractivity contribution in [1.29, 1.82) is 0 Å². The molecule has 1 aliphatic rings. The van der Waals surface area contributed by atoms with Gasteiger partial charge in [0.2, 0.25) is 0 Å². The van der Waals surface area contributed by atoms with Gasteiger partial charge < -0.3 is 4.74 Å². The fourth-order valence-electron chi connectivity index (χ4n) is 2.58. The second-order valence-corrected chi connectivity index (χ2v) is 7.29. The van der Waals surface area contributed by atoms with Crippen LogP contribution in [-0.4, -0.2) is 23.5 Å². The van der Waals surface area contributed by atoms with E-state index in [2.05, 4.69) is 21.2 Å². The van der Waals surface area contributed by atoms with Crippen LogP contribution in [-0.2, 0) is 9.59 Å². The third-order valence-electron chi connectivity index (χ3n) is 3.74. The average Bonchev–Trinajstić information content (AvgIpc) is 2.61. The number of carbonyl (C=O) groups is 2. The molecule has 1 N–H and O–H groups in total. The second kappa shape index (κ2) is 8.21. The molecule has 2 aromatic rings. The SMILES string of the molecule is CCOc1ccc(Cl)cc1/C=C1\C(=O)NC(=S)N(c2cccc(Br)c2)C1=O. The first-order valence-electron chi connectivity index (χ1n) is 8.00. The Morgan fingerprint density at radius 2 is 2.04 bits per heavy atom. The summed E-state index contributed by atoms with van der Waals surface area (Å²) in [6.45, 7) is 2.28. The molecular formula is C19H14BrClN2O3S. The van der Waals surface area contributed by atoms with Crippen molar-refractivity contribution in [1.82, 2.24) is 5.32 Å². The molecule has 27 heavy (non-hydrogen) atoms. The maximum atomic E-state index is 13.0. The Morgan fingerprint density at radius 3 is 2.74 bits per heavy atom. The van der Waals surface area contributed by atoms with E-state index in [0.717, 1.165) is 4.47 Å². The molecule has 5 nitrogen and oxygen atoms in total. The van der Waals surface area contributed by atoms with E-state index in [1.54, 1.807) is 36.4 Å². The molecule has 0 saturated carbocycles. The Kier molecular flexibility index (Phi) is 5.94. The van der Waals surface area contributed by atoms with E-state index in [0.29, 0.717) is 28.6 Å². The molecule has 8 heteroatoms. The van der Waals surface area contributed by atoms with E-state index in [-0.39, 0.29) is 10.7 Å². The molecule has 3 rings (SSSR count). The summed E-state index contributed by atoms with van der Waals surface area (Å²) in [7, 11) is 0. The highest BCUT2D eigenvalue weighted by Gasteiger charge is 2.34. The molecule has 2 amide bonds. The molecule has 0 bridgehead atoms. The highest BCUT2D eigenvalue weighted by Crippen LogP contribution is 2.28. The minimum atomic E-state index is -0.571. The molecule has 0 unspecified atom stereocenters. The summed E-state index contributed by atoms with van der Waals surface area (Å²) in [5.74, 6) is -0.569. The van der Waals surface area contributed by atoms with Crippen LogP contribution in [0.4, 0.5) is 5.69 Å². The second-order valence-electron chi connectivity index (χ2n) is 5.55. The van der Waals surface area contributed by atoms with Crippen molar-refractivity contribution in [3.63, 3.8) is 0 Å². The van der Waals surface area contributed by atoms with Crippen molar-refractivity contribution in [2.24, 2.45) is 0 Å². The lowest BCUT2D eigenvalue weighted by Gasteiger charge is -2.29. The van der Waals surface area contributed by atoms with Crippen LogP contribution in [0, 0.1) is 0 Å². The average molecular weight is 466 g/mol. The lowest BCUT2D eigenvalue weighted by atomic mass is 10.1. The first kappa shape index (κ1) is 19.5. The van der Waals surface area contributed by atoms with Gasteiger partial charge in [0.05, 0.1) is 12.3 Å². The smallest absolute Gasteiger partial charge is 0.270 e. The van der Waals surface area contributed by atoms with Gasteiger partial charge in [-0.2, -0.15) is 0 Å². The van der Waals surface area contributed by atoms with Crippen LogP contribution < -0.4 is 15.0 Å². The zero-order valence-corrected chi connectivity index (χ0v) is 17.3. The topological polar surface area (TPSA) is 58.6 Å². The Morgan fingerprint density at radius 1 is 1.26 bits per heavy atom. The van der Waals surface area contributed by atoms with Crippen molar-refractivity contribution in [3.05, 3.63) is 63.1 Å². The quantitative estimate of drug-likeness (QED) is 0.415. The van der Waals surface area contributed by atoms with Gasteiger partial charge >= 0.3 is 0 Å². The highest BCUT2D eigenvalue weighted by molar-refractivity contribution is 9.10. The summed E-state index contributed by atoms with van der Waals surface area (Å²) in [5, 5.41) is 3.04. The zero-order valence-electron chi connectivity index (χ0n) is 14.2. The number of hydrogen-bond acceptors (Lipinski definition) is 4. The van der Waals surface area contributed by atoms with Crippen molar-refractivity contribution in [3.8, 4) is 5.75 Å². The monoisotopic (exact) mass is 464 g/mol. The predicted octanol–water partition coefficient (Wildman–Crippen LogP) is 4.33. The number of nitrogens with one attached hydrogen (secondary N) is 1. The van der Waals surface area contributed by atoms with Gasteiger partial charge in [0.15, 0.2) is 5.11 Å². The van der Waals surface area contributed by atoms with Crippen LogP contribution in [0.3, 0.4) is 0 Å². The minimum Gasteiger partial charge on any atom is -0.493 e. The maximum absolute atomic E-state index is 13.0. The molecule has 0 aromatic heterocycles. The number of thiocarbonyl (C=S) groups is 1. The van der Waals surface area contributed by atoms with Gasteiger partial charge in [-0.05, 0) is 61.6 Å². The standard InChI is InChI=1S/C19H14BrClN2O3S/c1-2-26-16-7-6-13(21)8-11(16)9-15-17(24)22-19(27)23(18(15)25)14-5-3-4-12(20)10-14/h3-10H,2H2,1H3,(H,22,24,27)/b15-9+. The molecule has 1 heterocycles. The molecule has 1 fully saturated rings. The summed E-state index contributed by atoms with van der Waals surface area (Å²) in [6.07, 6.45) is 1.46. The molecule has 1 saturated heterocycles. The first-order valence-corrected chi connectivity index (χ1v) is 9.58. The van der Waals surface area contributed by atoms with Crippen LogP contribution in [0.1, 0.15) is 12.5 Å². The molecule has 138 valence electrons. The third-order valence-corrected chi connectivity index (χ3v) is 4.75. The summed E-state index contributed by atoms with van der Waals surface area (Å²) < 4.78 is 6.34. The number of benzene rings is 2. The fraction of sp³-hybridized carbons (Fsp3) is 0.105. The zero-order chi connectivity index (χ0) is 19.6. The number of anilines is 1. The third kappa shape index (κ3) is 4.21. The van der Waals surface area contributed by atoms with Gasteiger partial charge in [-0.1, -0.05) is 33.6 Å². The Labute approximate surface area is 175 Å². The van der Waals surface area contributed by atoms with Crippen LogP contribution in [0.15, 0.2) is 52.5 Å². The normalized spacial score (nSPS) is 15.9. The number of nitrogens with zero attached hydrogens (tertiary/aromatic N) is 1. The molecule has 2 aromatic carbocycles. The number of halogens is 2. The minimum absolute atomic E-state index is 0.0244. The van der Waals surface area contributed by atoms with Crippen molar-refractivity contribution in [2.45, 2.75) is 6.92 Å². The largest absolute Gasteiger partial charge is 0.493 e. The fourth-order valence-corrected chi connectivity index (χ4v) is 3.43. The summed E-state index contributed by atoms with van der Waals surface area (Å²) in [5.41, 5.74) is 1.01. The van der Waals surface area contributed by atoms with Crippen LogP contribution in [0.5, 0.6) is 5.75 Å². The van der Waals surface area contributed by atoms with Gasteiger partial charge in [-0.25, -0.2) is 0 Å². The lowest BCUT2D eigenvalue weighted by Crippen LogP contribution is -2.54. The van der Waals surface area contributed by atoms with Crippen molar-refractivity contribution in [2.75, 3.05) is 11.5 Å². The Bertz CT molecular complexity index is 977. The van der Waals surface area contributed by atoms with Crippen LogP contribution in [0.2, 0.25) is 5.02 Å². The lowest BCUT2D eigenvalue weighted by molar-refractivity contribution is -0.122. The number of hydrogen-bond donors (Lipinski definition) is 1. The maximum Gasteiger partial charge on any atom is 0.270 e. The molecule has 0 aliphatic carbocycles. The molecule has 0 spiro atoms. The number of carbonyl (C=O) groups excluding carboxylic acids is 2. The van der Waals surface area contributed by atoms with Gasteiger partial charge in [-0.3, -0.25) is 19.8 Å². The molecule has 1 aliphatic heterocycles. The van der Waals surface area contributed by atoms with Gasteiger partial charge in [0.25, 0.3) is 11.8 Å². The first-order chi connectivity index (χ1) is 12.9. The van der Waals surface area contributed by atoms with Crippen LogP contribution in [0.25, 0.3) is 6.08 Å². The van der Waals surface area contributed by atoms with Crippen molar-refractivity contribution < 1.29 is 14.3 Å². The van der Waals surface area contributed by atoms with Gasteiger partial charge in [0, 0.05) is 15.1 Å². The van der Waals surface area contributed by atoms with E-state index >= 15 is 0 Å². The summed E-state index contributed by atoms with van der Waals surface area (Å²) in [6, 6.07) is 12.1. The Hall–Kier alpha value is -2.22. The number of ether oxygens (including phenoxy) is 1. The van der Waals surface area contributed by atoms with E-state index in [1.807, 2.05) is 13.0 Å². The van der Waals surface area contributed by atoms with Crippen molar-refractivity contribution >= 4 is 68.4 Å². The molecule has 0 radical (unpaired) electrons.